The Kier molecular flexibility index (Phi) is 3.50. The molecule has 0 radical (unpaired) electrons. The van der Waals surface area contributed by atoms with E-state index in [-0.39, 0.29) is 17.9 Å². The van der Waals surface area contributed by atoms with Gasteiger partial charge in [0.1, 0.15) is 12.1 Å². The van der Waals surface area contributed by atoms with Crippen LogP contribution in [-0.4, -0.2) is 14.8 Å². The van der Waals surface area contributed by atoms with Crippen LogP contribution in [0.2, 0.25) is 5.02 Å². The number of nitrogens with zero attached hydrogens (tertiary/aromatic N) is 3. The van der Waals surface area contributed by atoms with Crippen molar-refractivity contribution >= 4 is 17.5 Å². The first-order valence-electron chi connectivity index (χ1n) is 7.38. The fourth-order valence-corrected chi connectivity index (χ4v) is 3.12. The van der Waals surface area contributed by atoms with Crippen LogP contribution < -0.4 is 5.32 Å². The summed E-state index contributed by atoms with van der Waals surface area (Å²) in [6.07, 6.45) is 2.33. The Bertz CT molecular complexity index is 813. The van der Waals surface area contributed by atoms with Crippen molar-refractivity contribution in [3.05, 3.63) is 76.8 Å². The van der Waals surface area contributed by atoms with Crippen LogP contribution in [0.1, 0.15) is 29.6 Å². The highest BCUT2D eigenvalue weighted by atomic mass is 35.5. The third-order valence-corrected chi connectivity index (χ3v) is 4.41. The van der Waals surface area contributed by atoms with Crippen molar-refractivity contribution in [1.29, 1.82) is 0 Å². The second-order valence-electron chi connectivity index (χ2n) is 5.58. The summed E-state index contributed by atoms with van der Waals surface area (Å²) in [5.74, 6) is 0.473. The van der Waals surface area contributed by atoms with Crippen molar-refractivity contribution in [2.75, 3.05) is 5.32 Å². The number of fused-ring (bicyclic) bond motifs is 1. The highest BCUT2D eigenvalue weighted by Gasteiger charge is 2.29. The van der Waals surface area contributed by atoms with E-state index >= 15 is 0 Å². The van der Waals surface area contributed by atoms with Crippen LogP contribution in [0.25, 0.3) is 0 Å². The first kappa shape index (κ1) is 14.2. The molecule has 2 aromatic carbocycles. The van der Waals surface area contributed by atoms with Gasteiger partial charge in [0.05, 0.1) is 12.1 Å². The molecule has 0 spiro atoms. The van der Waals surface area contributed by atoms with Gasteiger partial charge in [0, 0.05) is 5.02 Å². The molecule has 0 bridgehead atoms. The van der Waals surface area contributed by atoms with Gasteiger partial charge in [-0.25, -0.2) is 9.07 Å². The zero-order valence-corrected chi connectivity index (χ0v) is 12.9. The Morgan fingerprint density at radius 3 is 2.48 bits per heavy atom. The van der Waals surface area contributed by atoms with Gasteiger partial charge in [-0.2, -0.15) is 10.1 Å². The maximum atomic E-state index is 13.2. The van der Waals surface area contributed by atoms with Gasteiger partial charge >= 0.3 is 0 Å². The molecule has 23 heavy (non-hydrogen) atoms. The highest BCUT2D eigenvalue weighted by molar-refractivity contribution is 6.30. The Hall–Kier alpha value is -2.40. The van der Waals surface area contributed by atoms with Crippen molar-refractivity contribution in [2.45, 2.75) is 18.5 Å². The SMILES string of the molecule is Fc1ccc([C@H]2C[C@@H](c3ccc(Cl)cc3)Nc3ncnn32)cc1. The summed E-state index contributed by atoms with van der Waals surface area (Å²) < 4.78 is 15.1. The smallest absolute Gasteiger partial charge is 0.222 e. The van der Waals surface area contributed by atoms with Gasteiger partial charge in [-0.05, 0) is 41.8 Å². The Morgan fingerprint density at radius 2 is 1.74 bits per heavy atom. The molecule has 1 aliphatic heterocycles. The lowest BCUT2D eigenvalue weighted by Gasteiger charge is -2.31. The third-order valence-electron chi connectivity index (χ3n) is 4.16. The van der Waals surface area contributed by atoms with Crippen molar-refractivity contribution in [3.63, 3.8) is 0 Å². The van der Waals surface area contributed by atoms with Crippen LogP contribution in [0.3, 0.4) is 0 Å². The summed E-state index contributed by atoms with van der Waals surface area (Å²) in [5, 5.41) is 8.41. The zero-order chi connectivity index (χ0) is 15.8. The number of nitrogens with one attached hydrogen (secondary N) is 1. The molecule has 3 aromatic rings. The Balaban J connectivity index is 1.71. The second-order valence-corrected chi connectivity index (χ2v) is 6.02. The number of aromatic nitrogens is 3. The molecular formula is C17H14ClFN4. The quantitative estimate of drug-likeness (QED) is 0.766. The number of hydrogen-bond acceptors (Lipinski definition) is 3. The van der Waals surface area contributed by atoms with Gasteiger partial charge in [-0.1, -0.05) is 35.9 Å². The van der Waals surface area contributed by atoms with E-state index in [0.29, 0.717) is 11.0 Å². The number of anilines is 1. The van der Waals surface area contributed by atoms with Crippen LogP contribution in [0, 0.1) is 5.82 Å². The van der Waals surface area contributed by atoms with Gasteiger partial charge < -0.3 is 5.32 Å². The summed E-state index contributed by atoms with van der Waals surface area (Å²) in [6.45, 7) is 0. The molecule has 2 heterocycles. The second kappa shape index (κ2) is 5.66. The predicted molar refractivity (Wildman–Crippen MR) is 87.0 cm³/mol. The van der Waals surface area contributed by atoms with E-state index in [0.717, 1.165) is 17.5 Å². The van der Waals surface area contributed by atoms with E-state index in [4.69, 9.17) is 11.6 Å². The largest absolute Gasteiger partial charge is 0.348 e. The van der Waals surface area contributed by atoms with E-state index in [2.05, 4.69) is 15.4 Å². The molecule has 2 atom stereocenters. The molecule has 1 N–H and O–H groups in total. The minimum atomic E-state index is -0.240. The maximum absolute atomic E-state index is 13.2. The standard InChI is InChI=1S/C17H14ClFN4/c18-13-5-1-11(2-6-13)15-9-16(12-3-7-14(19)8-4-12)23-17(22-15)20-10-21-23/h1-8,10,15-16H,9H2,(H,20,21,22)/t15-,16+/m0/s1. The highest BCUT2D eigenvalue weighted by Crippen LogP contribution is 2.37. The molecule has 0 fully saturated rings. The van der Waals surface area contributed by atoms with Crippen LogP contribution in [0.15, 0.2) is 54.9 Å². The molecule has 0 saturated carbocycles. The molecule has 6 heteroatoms. The van der Waals surface area contributed by atoms with Gasteiger partial charge in [0.25, 0.3) is 0 Å². The molecule has 0 amide bonds. The van der Waals surface area contributed by atoms with Crippen molar-refractivity contribution in [1.82, 2.24) is 14.8 Å². The zero-order valence-electron chi connectivity index (χ0n) is 12.2. The lowest BCUT2D eigenvalue weighted by molar-refractivity contribution is 0.430. The molecule has 0 saturated heterocycles. The molecule has 4 nitrogen and oxygen atoms in total. The van der Waals surface area contributed by atoms with Crippen molar-refractivity contribution < 1.29 is 4.39 Å². The van der Waals surface area contributed by atoms with Gasteiger partial charge in [0.15, 0.2) is 0 Å². The molecule has 1 aliphatic rings. The molecule has 4 rings (SSSR count). The van der Waals surface area contributed by atoms with E-state index in [9.17, 15) is 4.39 Å². The maximum Gasteiger partial charge on any atom is 0.222 e. The average molecular weight is 329 g/mol. The number of benzene rings is 2. The van der Waals surface area contributed by atoms with Gasteiger partial charge in [-0.15, -0.1) is 0 Å². The fraction of sp³-hybridized carbons (Fsp3) is 0.176. The average Bonchev–Trinajstić information content (AvgIpc) is 3.04. The molecule has 116 valence electrons. The predicted octanol–water partition coefficient (Wildman–Crippen LogP) is 4.22. The molecule has 1 aromatic heterocycles. The minimum absolute atomic E-state index is 0.00929. The summed E-state index contributed by atoms with van der Waals surface area (Å²) >= 11 is 5.97. The lowest BCUT2D eigenvalue weighted by Crippen LogP contribution is -2.28. The summed E-state index contributed by atoms with van der Waals surface area (Å²) in [7, 11) is 0. The summed E-state index contributed by atoms with van der Waals surface area (Å²) in [6, 6.07) is 14.4. The fourth-order valence-electron chi connectivity index (χ4n) is 3.00. The van der Waals surface area contributed by atoms with Crippen LogP contribution in [0.4, 0.5) is 10.3 Å². The van der Waals surface area contributed by atoms with Gasteiger partial charge in [-0.3, -0.25) is 0 Å². The number of halogens is 2. The van der Waals surface area contributed by atoms with E-state index < -0.39 is 0 Å². The molecular weight excluding hydrogens is 315 g/mol. The third kappa shape index (κ3) is 2.68. The summed E-state index contributed by atoms with van der Waals surface area (Å²) in [4.78, 5) is 4.28. The topological polar surface area (TPSA) is 42.7 Å². The van der Waals surface area contributed by atoms with E-state index in [1.807, 2.05) is 28.9 Å². The van der Waals surface area contributed by atoms with Crippen LogP contribution in [-0.2, 0) is 0 Å². The van der Waals surface area contributed by atoms with Crippen LogP contribution in [0.5, 0.6) is 0 Å². The first-order chi connectivity index (χ1) is 11.2. The summed E-state index contributed by atoms with van der Waals surface area (Å²) in [5.41, 5.74) is 2.15. The minimum Gasteiger partial charge on any atom is -0.348 e. The Morgan fingerprint density at radius 1 is 1.04 bits per heavy atom. The van der Waals surface area contributed by atoms with Gasteiger partial charge in [0.2, 0.25) is 5.95 Å². The van der Waals surface area contributed by atoms with Crippen molar-refractivity contribution in [2.24, 2.45) is 0 Å². The lowest BCUT2D eigenvalue weighted by atomic mass is 9.93. The van der Waals surface area contributed by atoms with Crippen LogP contribution >= 0.6 is 11.6 Å². The first-order valence-corrected chi connectivity index (χ1v) is 7.75. The Labute approximate surface area is 137 Å². The van der Waals surface area contributed by atoms with E-state index in [1.54, 1.807) is 12.1 Å². The van der Waals surface area contributed by atoms with Crippen molar-refractivity contribution in [3.8, 4) is 0 Å². The number of hydrogen-bond donors (Lipinski definition) is 1. The van der Waals surface area contributed by atoms with E-state index in [1.165, 1.54) is 18.5 Å². The normalized spacial score (nSPS) is 19.9. The molecule has 0 unspecified atom stereocenters. The number of rotatable bonds is 2. The monoisotopic (exact) mass is 328 g/mol. The molecule has 0 aliphatic carbocycles.